The fourth-order valence-electron chi connectivity index (χ4n) is 3.85. The minimum absolute atomic E-state index is 0.00766. The molecule has 0 atom stereocenters. The largest absolute Gasteiger partial charge is 0.491 e. The zero-order valence-corrected chi connectivity index (χ0v) is 18.9. The number of carbonyl (C=O) groups is 1. The first-order valence-corrected chi connectivity index (χ1v) is 11.2. The second kappa shape index (κ2) is 9.96. The van der Waals surface area contributed by atoms with Crippen LogP contribution in [0.3, 0.4) is 0 Å². The number of anilines is 1. The van der Waals surface area contributed by atoms with Crippen molar-refractivity contribution in [1.82, 2.24) is 15.0 Å². The van der Waals surface area contributed by atoms with Gasteiger partial charge in [0, 0.05) is 23.2 Å². The number of benzene rings is 2. The lowest BCUT2D eigenvalue weighted by molar-refractivity contribution is -0.121. The number of likely N-dealkylation sites (tertiary alicyclic amines) is 1. The average Bonchev–Trinajstić information content (AvgIpc) is 3.23. The number of amides is 1. The summed E-state index contributed by atoms with van der Waals surface area (Å²) in [5, 5.41) is 7.15. The van der Waals surface area contributed by atoms with Gasteiger partial charge in [-0.3, -0.25) is 9.69 Å². The number of piperidine rings is 1. The number of aromatic nitrogens is 2. The lowest BCUT2D eigenvalue weighted by atomic mass is 9.96. The number of aryl methyl sites for hydroxylation is 1. The van der Waals surface area contributed by atoms with Crippen LogP contribution in [0.5, 0.6) is 5.75 Å². The zero-order chi connectivity index (χ0) is 22.5. The van der Waals surface area contributed by atoms with Gasteiger partial charge in [0.25, 0.3) is 0 Å². The maximum absolute atomic E-state index is 12.7. The van der Waals surface area contributed by atoms with Gasteiger partial charge in [-0.05, 0) is 58.8 Å². The van der Waals surface area contributed by atoms with Crippen molar-refractivity contribution in [2.24, 2.45) is 5.92 Å². The molecule has 1 fully saturated rings. The highest BCUT2D eigenvalue weighted by Gasteiger charge is 2.26. The van der Waals surface area contributed by atoms with Crippen LogP contribution in [0.1, 0.15) is 38.1 Å². The molecule has 7 heteroatoms. The first-order chi connectivity index (χ1) is 15.5. The van der Waals surface area contributed by atoms with Crippen LogP contribution in [-0.4, -0.2) is 40.1 Å². The molecule has 1 amide bonds. The van der Waals surface area contributed by atoms with E-state index >= 15 is 0 Å². The Morgan fingerprint density at radius 3 is 2.66 bits per heavy atom. The summed E-state index contributed by atoms with van der Waals surface area (Å²) in [7, 11) is 0. The number of nitrogens with zero attached hydrogens (tertiary/aromatic N) is 3. The first-order valence-electron chi connectivity index (χ1n) is 11.2. The molecule has 7 nitrogen and oxygen atoms in total. The molecule has 0 spiro atoms. The van der Waals surface area contributed by atoms with Crippen LogP contribution in [0.25, 0.3) is 11.4 Å². The number of ether oxygens (including phenoxy) is 1. The van der Waals surface area contributed by atoms with E-state index < -0.39 is 0 Å². The van der Waals surface area contributed by atoms with Gasteiger partial charge < -0.3 is 14.6 Å². The standard InChI is InChI=1S/C25H30N4O3/c1-17(2)31-22-6-4-5-21(15-22)26-25(30)20-11-13-29(14-12-20)16-23-27-24(28-32-23)19-9-7-18(3)8-10-19/h4-10,15,17,20H,11-14,16H2,1-3H3,(H,26,30). The van der Waals surface area contributed by atoms with Crippen molar-refractivity contribution in [3.8, 4) is 17.1 Å². The Hall–Kier alpha value is -3.19. The van der Waals surface area contributed by atoms with E-state index in [2.05, 4.69) is 20.4 Å². The Morgan fingerprint density at radius 1 is 1.19 bits per heavy atom. The smallest absolute Gasteiger partial charge is 0.241 e. The van der Waals surface area contributed by atoms with Crippen molar-refractivity contribution in [2.75, 3.05) is 18.4 Å². The van der Waals surface area contributed by atoms with Gasteiger partial charge in [-0.1, -0.05) is 41.1 Å². The zero-order valence-electron chi connectivity index (χ0n) is 18.9. The Morgan fingerprint density at radius 2 is 1.94 bits per heavy atom. The number of rotatable bonds is 7. The van der Waals surface area contributed by atoms with Gasteiger partial charge in [0.15, 0.2) is 0 Å². The SMILES string of the molecule is Cc1ccc(-c2noc(CN3CCC(C(=O)Nc4cccc(OC(C)C)c4)CC3)n2)cc1. The van der Waals surface area contributed by atoms with E-state index in [0.717, 1.165) is 42.9 Å². The maximum atomic E-state index is 12.7. The molecule has 168 valence electrons. The summed E-state index contributed by atoms with van der Waals surface area (Å²) < 4.78 is 11.2. The first kappa shape index (κ1) is 22.0. The second-order valence-electron chi connectivity index (χ2n) is 8.61. The minimum Gasteiger partial charge on any atom is -0.491 e. The van der Waals surface area contributed by atoms with E-state index in [1.807, 2.05) is 69.3 Å². The van der Waals surface area contributed by atoms with E-state index in [1.165, 1.54) is 5.56 Å². The van der Waals surface area contributed by atoms with E-state index in [-0.39, 0.29) is 17.9 Å². The highest BCUT2D eigenvalue weighted by atomic mass is 16.5. The molecule has 1 saturated heterocycles. The molecular formula is C25H30N4O3. The number of hydrogen-bond acceptors (Lipinski definition) is 6. The van der Waals surface area contributed by atoms with Crippen molar-refractivity contribution in [1.29, 1.82) is 0 Å². The van der Waals surface area contributed by atoms with Crippen molar-refractivity contribution in [3.05, 3.63) is 60.0 Å². The molecule has 0 radical (unpaired) electrons. The highest BCUT2D eigenvalue weighted by molar-refractivity contribution is 5.92. The highest BCUT2D eigenvalue weighted by Crippen LogP contribution is 2.24. The molecular weight excluding hydrogens is 404 g/mol. The van der Waals surface area contributed by atoms with Crippen LogP contribution in [0.15, 0.2) is 53.1 Å². The van der Waals surface area contributed by atoms with Crippen LogP contribution in [0, 0.1) is 12.8 Å². The predicted octanol–water partition coefficient (Wildman–Crippen LogP) is 4.68. The van der Waals surface area contributed by atoms with Gasteiger partial charge in [0.05, 0.1) is 12.6 Å². The molecule has 1 N–H and O–H groups in total. The molecule has 2 aromatic carbocycles. The molecule has 0 unspecified atom stereocenters. The fourth-order valence-corrected chi connectivity index (χ4v) is 3.85. The van der Waals surface area contributed by atoms with E-state index in [9.17, 15) is 4.79 Å². The summed E-state index contributed by atoms with van der Waals surface area (Å²) in [6.45, 7) is 8.25. The van der Waals surface area contributed by atoms with E-state index in [1.54, 1.807) is 0 Å². The van der Waals surface area contributed by atoms with Crippen LogP contribution in [0.4, 0.5) is 5.69 Å². The van der Waals surface area contributed by atoms with Crippen LogP contribution in [0.2, 0.25) is 0 Å². The van der Waals surface area contributed by atoms with Gasteiger partial charge in [0.1, 0.15) is 5.75 Å². The molecule has 4 rings (SSSR count). The summed E-state index contributed by atoms with van der Waals surface area (Å²) in [6.07, 6.45) is 1.69. The van der Waals surface area contributed by atoms with Gasteiger partial charge >= 0.3 is 0 Å². The summed E-state index contributed by atoms with van der Waals surface area (Å²) in [6, 6.07) is 15.6. The molecule has 3 aromatic rings. The topological polar surface area (TPSA) is 80.5 Å². The number of nitrogens with one attached hydrogen (secondary N) is 1. The molecule has 32 heavy (non-hydrogen) atoms. The summed E-state index contributed by atoms with van der Waals surface area (Å²) in [5.74, 6) is 2.03. The van der Waals surface area contributed by atoms with E-state index in [4.69, 9.17) is 9.26 Å². The van der Waals surface area contributed by atoms with Gasteiger partial charge in [0.2, 0.25) is 17.6 Å². The van der Waals surface area contributed by atoms with Gasteiger partial charge in [-0.15, -0.1) is 0 Å². The molecule has 0 aliphatic carbocycles. The molecule has 1 aliphatic heterocycles. The lowest BCUT2D eigenvalue weighted by Crippen LogP contribution is -2.37. The van der Waals surface area contributed by atoms with Crippen LogP contribution < -0.4 is 10.1 Å². The van der Waals surface area contributed by atoms with Crippen molar-refractivity contribution < 1.29 is 14.1 Å². The molecule has 0 bridgehead atoms. The third-order valence-electron chi connectivity index (χ3n) is 5.57. The normalized spacial score (nSPS) is 15.1. The molecule has 1 aliphatic rings. The Bertz CT molecular complexity index is 1040. The van der Waals surface area contributed by atoms with Crippen molar-refractivity contribution in [2.45, 2.75) is 46.3 Å². The van der Waals surface area contributed by atoms with Gasteiger partial charge in [-0.25, -0.2) is 0 Å². The summed E-state index contributed by atoms with van der Waals surface area (Å²) in [4.78, 5) is 19.5. The van der Waals surface area contributed by atoms with Crippen molar-refractivity contribution >= 4 is 11.6 Å². The summed E-state index contributed by atoms with van der Waals surface area (Å²) >= 11 is 0. The predicted molar refractivity (Wildman–Crippen MR) is 123 cm³/mol. The second-order valence-corrected chi connectivity index (χ2v) is 8.61. The monoisotopic (exact) mass is 434 g/mol. The Kier molecular flexibility index (Phi) is 6.85. The van der Waals surface area contributed by atoms with Crippen LogP contribution in [-0.2, 0) is 11.3 Å². The van der Waals surface area contributed by atoms with Crippen LogP contribution >= 0.6 is 0 Å². The summed E-state index contributed by atoms with van der Waals surface area (Å²) in [5.41, 5.74) is 2.91. The third kappa shape index (κ3) is 5.73. The quantitative estimate of drug-likeness (QED) is 0.581. The van der Waals surface area contributed by atoms with Crippen molar-refractivity contribution in [3.63, 3.8) is 0 Å². The average molecular weight is 435 g/mol. The van der Waals surface area contributed by atoms with E-state index in [0.29, 0.717) is 18.3 Å². The Balaban J connectivity index is 1.27. The minimum atomic E-state index is -0.00766. The fraction of sp³-hybridized carbons (Fsp3) is 0.400. The van der Waals surface area contributed by atoms with Gasteiger partial charge in [-0.2, -0.15) is 4.98 Å². The molecule has 2 heterocycles. The number of hydrogen-bond donors (Lipinski definition) is 1. The molecule has 0 saturated carbocycles. The lowest BCUT2D eigenvalue weighted by Gasteiger charge is -2.30. The molecule has 1 aromatic heterocycles. The number of carbonyl (C=O) groups excluding carboxylic acids is 1. The maximum Gasteiger partial charge on any atom is 0.241 e. The third-order valence-corrected chi connectivity index (χ3v) is 5.57. The Labute approximate surface area is 188 Å².